The number of likely N-dealkylation sites (tertiary alicyclic amines) is 1. The first kappa shape index (κ1) is 23.1. The molecule has 0 aliphatic carbocycles. The summed E-state index contributed by atoms with van der Waals surface area (Å²) >= 11 is 6.10. The molecule has 6 heteroatoms. The Hall–Kier alpha value is -1.56. The van der Waals surface area contributed by atoms with Crippen LogP contribution >= 0.6 is 11.6 Å². The fourth-order valence-corrected chi connectivity index (χ4v) is 4.55. The number of rotatable bonds is 7. The maximum Gasteiger partial charge on any atom is 0.288 e. The van der Waals surface area contributed by atoms with E-state index in [0.717, 1.165) is 37.9 Å². The molecule has 1 saturated heterocycles. The maximum absolute atomic E-state index is 13.3. The zero-order valence-electron chi connectivity index (χ0n) is 17.9. The average molecular weight is 436 g/mol. The van der Waals surface area contributed by atoms with Gasteiger partial charge in [0.15, 0.2) is 5.76 Å². The number of halogens is 1. The molecule has 1 aromatic rings. The molecule has 0 radical (unpaired) electrons. The highest BCUT2D eigenvalue weighted by molar-refractivity contribution is 6.30. The maximum atomic E-state index is 13.3. The number of carbonyl (C=O) groups excluding carboxylic acids is 1. The zero-order chi connectivity index (χ0) is 21.3. The summed E-state index contributed by atoms with van der Waals surface area (Å²) < 4.78 is 12.1. The van der Waals surface area contributed by atoms with Gasteiger partial charge in [0, 0.05) is 43.2 Å². The van der Waals surface area contributed by atoms with E-state index in [1.165, 1.54) is 19.3 Å². The first-order valence-corrected chi connectivity index (χ1v) is 11.7. The van der Waals surface area contributed by atoms with Crippen molar-refractivity contribution in [3.63, 3.8) is 0 Å². The monoisotopic (exact) mass is 435 g/mol. The SMILES string of the molecule is CCO[C@@H]1OC(C(=O)N2CCCCCCC2)=C[C@H](c2ccc(Cl)cc2)[C@@H]1CCCO. The van der Waals surface area contributed by atoms with Crippen LogP contribution in [-0.2, 0) is 14.3 Å². The number of amides is 1. The van der Waals surface area contributed by atoms with Crippen LogP contribution < -0.4 is 0 Å². The lowest BCUT2D eigenvalue weighted by Crippen LogP contribution is -2.41. The Balaban J connectivity index is 1.90. The quantitative estimate of drug-likeness (QED) is 0.662. The van der Waals surface area contributed by atoms with E-state index in [9.17, 15) is 9.90 Å². The predicted molar refractivity (Wildman–Crippen MR) is 118 cm³/mol. The van der Waals surface area contributed by atoms with Crippen LogP contribution in [0.25, 0.3) is 0 Å². The molecule has 3 atom stereocenters. The van der Waals surface area contributed by atoms with Crippen LogP contribution in [0.2, 0.25) is 5.02 Å². The lowest BCUT2D eigenvalue weighted by molar-refractivity contribution is -0.170. The minimum Gasteiger partial charge on any atom is -0.459 e. The number of ether oxygens (including phenoxy) is 2. The summed E-state index contributed by atoms with van der Waals surface area (Å²) in [7, 11) is 0. The smallest absolute Gasteiger partial charge is 0.288 e. The molecule has 0 bridgehead atoms. The summed E-state index contributed by atoms with van der Waals surface area (Å²) in [5.74, 6) is 0.324. The molecule has 0 saturated carbocycles. The van der Waals surface area contributed by atoms with E-state index in [1.54, 1.807) is 0 Å². The van der Waals surface area contributed by atoms with Crippen LogP contribution in [0.15, 0.2) is 36.1 Å². The molecule has 166 valence electrons. The van der Waals surface area contributed by atoms with Crippen molar-refractivity contribution >= 4 is 17.5 Å². The van der Waals surface area contributed by atoms with E-state index < -0.39 is 6.29 Å². The first-order chi connectivity index (χ1) is 14.6. The Morgan fingerprint density at radius 1 is 1.17 bits per heavy atom. The highest BCUT2D eigenvalue weighted by Gasteiger charge is 2.38. The van der Waals surface area contributed by atoms with E-state index in [2.05, 4.69) is 0 Å². The van der Waals surface area contributed by atoms with Crippen LogP contribution in [0.4, 0.5) is 0 Å². The second-order valence-corrected chi connectivity index (χ2v) is 8.58. The van der Waals surface area contributed by atoms with Gasteiger partial charge < -0.3 is 19.5 Å². The van der Waals surface area contributed by atoms with Gasteiger partial charge in [-0.1, -0.05) is 43.0 Å². The van der Waals surface area contributed by atoms with E-state index in [-0.39, 0.29) is 24.3 Å². The van der Waals surface area contributed by atoms with Crippen molar-refractivity contribution in [2.45, 2.75) is 64.1 Å². The second kappa shape index (κ2) is 11.7. The number of carbonyl (C=O) groups is 1. The van der Waals surface area contributed by atoms with Crippen LogP contribution in [-0.4, -0.2) is 48.5 Å². The van der Waals surface area contributed by atoms with Gasteiger partial charge in [0.2, 0.25) is 6.29 Å². The molecule has 0 unspecified atom stereocenters. The summed E-state index contributed by atoms with van der Waals surface area (Å²) in [5.41, 5.74) is 1.08. The molecule has 5 nitrogen and oxygen atoms in total. The summed E-state index contributed by atoms with van der Waals surface area (Å²) in [6.45, 7) is 4.10. The fraction of sp³-hybridized carbons (Fsp3) is 0.625. The normalized spacial score (nSPS) is 25.1. The van der Waals surface area contributed by atoms with Crippen molar-refractivity contribution in [1.29, 1.82) is 0 Å². The van der Waals surface area contributed by atoms with Crippen molar-refractivity contribution in [3.05, 3.63) is 46.7 Å². The van der Waals surface area contributed by atoms with Crippen molar-refractivity contribution in [3.8, 4) is 0 Å². The topological polar surface area (TPSA) is 59.0 Å². The molecule has 3 rings (SSSR count). The lowest BCUT2D eigenvalue weighted by Gasteiger charge is -2.38. The molecule has 0 spiro atoms. The molecule has 1 N–H and O–H groups in total. The Morgan fingerprint density at radius 2 is 1.83 bits per heavy atom. The Kier molecular flexibility index (Phi) is 9.04. The molecule has 1 amide bonds. The third kappa shape index (κ3) is 5.99. The molecule has 0 aromatic heterocycles. The molecule has 30 heavy (non-hydrogen) atoms. The third-order valence-corrected chi connectivity index (χ3v) is 6.27. The van der Waals surface area contributed by atoms with E-state index in [1.807, 2.05) is 42.2 Å². The highest BCUT2D eigenvalue weighted by Crippen LogP contribution is 2.40. The summed E-state index contributed by atoms with van der Waals surface area (Å²) in [4.78, 5) is 15.3. The average Bonchev–Trinajstić information content (AvgIpc) is 2.72. The number of aliphatic hydroxyl groups is 1. The molecule has 2 heterocycles. The highest BCUT2D eigenvalue weighted by atomic mass is 35.5. The van der Waals surface area contributed by atoms with Gasteiger partial charge in [0.05, 0.1) is 0 Å². The number of hydrogen-bond donors (Lipinski definition) is 1. The lowest BCUT2D eigenvalue weighted by atomic mass is 9.80. The minimum atomic E-state index is -0.513. The van der Waals surface area contributed by atoms with Crippen molar-refractivity contribution in [2.24, 2.45) is 5.92 Å². The Labute approximate surface area is 185 Å². The molecule has 2 aliphatic rings. The Bertz CT molecular complexity index is 698. The van der Waals surface area contributed by atoms with Crippen LogP contribution in [0.5, 0.6) is 0 Å². The molecular weight excluding hydrogens is 402 g/mol. The Morgan fingerprint density at radius 3 is 2.47 bits per heavy atom. The third-order valence-electron chi connectivity index (χ3n) is 6.02. The van der Waals surface area contributed by atoms with Gasteiger partial charge in [-0.15, -0.1) is 0 Å². The van der Waals surface area contributed by atoms with Crippen molar-refractivity contribution in [2.75, 3.05) is 26.3 Å². The van der Waals surface area contributed by atoms with Gasteiger partial charge in [-0.2, -0.15) is 0 Å². The minimum absolute atomic E-state index is 0.0159. The van der Waals surface area contributed by atoms with E-state index in [0.29, 0.717) is 23.8 Å². The zero-order valence-corrected chi connectivity index (χ0v) is 18.7. The van der Waals surface area contributed by atoms with Gasteiger partial charge >= 0.3 is 0 Å². The first-order valence-electron chi connectivity index (χ1n) is 11.3. The molecular formula is C24H34ClNO4. The molecule has 1 fully saturated rings. The van der Waals surface area contributed by atoms with Crippen LogP contribution in [0, 0.1) is 5.92 Å². The van der Waals surface area contributed by atoms with Gasteiger partial charge in [-0.05, 0) is 56.4 Å². The standard InChI is InChI=1S/C24H34ClNO4/c1-2-29-24-20(9-8-16-27)21(18-10-12-19(25)13-11-18)17-22(30-24)23(28)26-14-6-4-3-5-7-15-26/h10-13,17,20-21,24,27H,2-9,14-16H2,1H3/t20-,21+,24+/m0/s1. The predicted octanol–water partition coefficient (Wildman–Crippen LogP) is 4.88. The van der Waals surface area contributed by atoms with Gasteiger partial charge in [0.1, 0.15) is 0 Å². The number of aliphatic hydroxyl groups excluding tert-OH is 1. The van der Waals surface area contributed by atoms with Crippen LogP contribution in [0.1, 0.15) is 63.4 Å². The summed E-state index contributed by atoms with van der Waals surface area (Å²) in [6.07, 6.45) is 8.51. The van der Waals surface area contributed by atoms with E-state index >= 15 is 0 Å². The summed E-state index contributed by atoms with van der Waals surface area (Å²) in [5, 5.41) is 10.1. The van der Waals surface area contributed by atoms with E-state index in [4.69, 9.17) is 21.1 Å². The number of hydrogen-bond acceptors (Lipinski definition) is 4. The second-order valence-electron chi connectivity index (χ2n) is 8.14. The summed E-state index contributed by atoms with van der Waals surface area (Å²) in [6, 6.07) is 7.75. The van der Waals surface area contributed by atoms with Gasteiger partial charge in [-0.25, -0.2) is 0 Å². The largest absolute Gasteiger partial charge is 0.459 e. The van der Waals surface area contributed by atoms with Crippen LogP contribution in [0.3, 0.4) is 0 Å². The number of benzene rings is 1. The number of nitrogens with zero attached hydrogens (tertiary/aromatic N) is 1. The fourth-order valence-electron chi connectivity index (χ4n) is 4.43. The molecule has 1 aromatic carbocycles. The number of allylic oxidation sites excluding steroid dienone is 1. The van der Waals surface area contributed by atoms with Crippen molar-refractivity contribution < 1.29 is 19.4 Å². The van der Waals surface area contributed by atoms with Gasteiger partial charge in [-0.3, -0.25) is 4.79 Å². The van der Waals surface area contributed by atoms with Gasteiger partial charge in [0.25, 0.3) is 5.91 Å². The molecule has 2 aliphatic heterocycles. The van der Waals surface area contributed by atoms with Crippen molar-refractivity contribution in [1.82, 2.24) is 4.90 Å².